The maximum Gasteiger partial charge on any atom is 0.303 e. The SMILES string of the molecule is O=C(O)CCCNC(=O)CCC1CCCCO1. The van der Waals surface area contributed by atoms with Gasteiger partial charge in [0.05, 0.1) is 6.10 Å². The molecule has 1 saturated heterocycles. The highest BCUT2D eigenvalue weighted by Crippen LogP contribution is 2.16. The van der Waals surface area contributed by atoms with Crippen LogP contribution >= 0.6 is 0 Å². The molecule has 5 heteroatoms. The third-order valence-electron chi connectivity index (χ3n) is 2.86. The van der Waals surface area contributed by atoms with Crippen LogP contribution in [0.3, 0.4) is 0 Å². The molecular formula is C12H21NO4. The van der Waals surface area contributed by atoms with Gasteiger partial charge in [0.2, 0.25) is 5.91 Å². The molecule has 0 saturated carbocycles. The van der Waals surface area contributed by atoms with Crippen LogP contribution in [0.5, 0.6) is 0 Å². The van der Waals surface area contributed by atoms with Crippen molar-refractivity contribution in [3.63, 3.8) is 0 Å². The monoisotopic (exact) mass is 243 g/mol. The van der Waals surface area contributed by atoms with Gasteiger partial charge in [-0.25, -0.2) is 0 Å². The number of carbonyl (C=O) groups is 2. The highest BCUT2D eigenvalue weighted by molar-refractivity contribution is 5.75. The van der Waals surface area contributed by atoms with Crippen LogP contribution in [0.25, 0.3) is 0 Å². The van der Waals surface area contributed by atoms with Gasteiger partial charge in [-0.15, -0.1) is 0 Å². The summed E-state index contributed by atoms with van der Waals surface area (Å²) in [5.41, 5.74) is 0. The Morgan fingerprint density at radius 3 is 2.76 bits per heavy atom. The van der Waals surface area contributed by atoms with E-state index in [0.29, 0.717) is 19.4 Å². The van der Waals surface area contributed by atoms with Crippen molar-refractivity contribution in [2.75, 3.05) is 13.2 Å². The predicted octanol–water partition coefficient (Wildman–Crippen LogP) is 1.32. The van der Waals surface area contributed by atoms with Gasteiger partial charge in [0, 0.05) is 26.0 Å². The van der Waals surface area contributed by atoms with Gasteiger partial charge in [-0.2, -0.15) is 0 Å². The maximum absolute atomic E-state index is 11.4. The fourth-order valence-electron chi connectivity index (χ4n) is 1.88. The van der Waals surface area contributed by atoms with Crippen LogP contribution < -0.4 is 5.32 Å². The molecule has 1 aliphatic rings. The molecule has 0 aromatic carbocycles. The zero-order chi connectivity index (χ0) is 12.5. The molecule has 1 aliphatic heterocycles. The number of rotatable bonds is 7. The predicted molar refractivity (Wildman–Crippen MR) is 62.7 cm³/mol. The van der Waals surface area contributed by atoms with Crippen molar-refractivity contribution in [3.05, 3.63) is 0 Å². The largest absolute Gasteiger partial charge is 0.481 e. The summed E-state index contributed by atoms with van der Waals surface area (Å²) < 4.78 is 5.53. The molecule has 0 aliphatic carbocycles. The average Bonchev–Trinajstić information content (AvgIpc) is 2.33. The van der Waals surface area contributed by atoms with Crippen LogP contribution in [0.2, 0.25) is 0 Å². The van der Waals surface area contributed by atoms with Gasteiger partial charge in [0.25, 0.3) is 0 Å². The summed E-state index contributed by atoms with van der Waals surface area (Å²) in [7, 11) is 0. The van der Waals surface area contributed by atoms with E-state index in [4.69, 9.17) is 9.84 Å². The van der Waals surface area contributed by atoms with Gasteiger partial charge >= 0.3 is 5.97 Å². The number of carboxylic acid groups (broad SMARTS) is 1. The lowest BCUT2D eigenvalue weighted by Crippen LogP contribution is -2.27. The summed E-state index contributed by atoms with van der Waals surface area (Å²) in [6.07, 6.45) is 5.42. The van der Waals surface area contributed by atoms with Crippen LogP contribution in [-0.2, 0) is 14.3 Å². The van der Waals surface area contributed by atoms with Crippen LogP contribution in [0, 0.1) is 0 Å². The number of aliphatic carboxylic acids is 1. The highest BCUT2D eigenvalue weighted by Gasteiger charge is 2.14. The molecule has 1 amide bonds. The zero-order valence-electron chi connectivity index (χ0n) is 10.1. The van der Waals surface area contributed by atoms with Crippen molar-refractivity contribution in [2.24, 2.45) is 0 Å². The van der Waals surface area contributed by atoms with E-state index in [0.717, 1.165) is 25.9 Å². The van der Waals surface area contributed by atoms with Crippen molar-refractivity contribution in [2.45, 2.75) is 51.0 Å². The van der Waals surface area contributed by atoms with E-state index >= 15 is 0 Å². The summed E-state index contributed by atoms with van der Waals surface area (Å²) in [6.45, 7) is 1.25. The van der Waals surface area contributed by atoms with E-state index < -0.39 is 5.97 Å². The number of hydrogen-bond donors (Lipinski definition) is 2. The molecule has 5 nitrogen and oxygen atoms in total. The molecule has 0 aromatic rings. The summed E-state index contributed by atoms with van der Waals surface area (Å²) in [5, 5.41) is 11.1. The van der Waals surface area contributed by atoms with E-state index in [9.17, 15) is 9.59 Å². The Morgan fingerprint density at radius 2 is 2.12 bits per heavy atom. The van der Waals surface area contributed by atoms with Crippen molar-refractivity contribution in [1.29, 1.82) is 0 Å². The molecular weight excluding hydrogens is 222 g/mol. The maximum atomic E-state index is 11.4. The highest BCUT2D eigenvalue weighted by atomic mass is 16.5. The molecule has 0 radical (unpaired) electrons. The van der Waals surface area contributed by atoms with Crippen LogP contribution in [0.1, 0.15) is 44.9 Å². The first kappa shape index (κ1) is 14.0. The lowest BCUT2D eigenvalue weighted by Gasteiger charge is -2.22. The van der Waals surface area contributed by atoms with Crippen molar-refractivity contribution >= 4 is 11.9 Å². The minimum absolute atomic E-state index is 0.00966. The molecule has 2 N–H and O–H groups in total. The van der Waals surface area contributed by atoms with Crippen molar-refractivity contribution < 1.29 is 19.4 Å². The second-order valence-electron chi connectivity index (χ2n) is 4.37. The molecule has 0 bridgehead atoms. The number of carbonyl (C=O) groups excluding carboxylic acids is 1. The van der Waals surface area contributed by atoms with Gasteiger partial charge < -0.3 is 15.2 Å². The standard InChI is InChI=1S/C12H21NO4/c14-11(13-8-3-5-12(15)16)7-6-10-4-1-2-9-17-10/h10H,1-9H2,(H,13,14)(H,15,16). The van der Waals surface area contributed by atoms with E-state index in [1.807, 2.05) is 0 Å². The number of amides is 1. The Bertz CT molecular complexity index is 249. The normalized spacial score (nSPS) is 19.9. The molecule has 0 aromatic heterocycles. The third-order valence-corrected chi connectivity index (χ3v) is 2.86. The molecule has 1 unspecified atom stereocenters. The van der Waals surface area contributed by atoms with Gasteiger partial charge in [-0.1, -0.05) is 0 Å². The smallest absolute Gasteiger partial charge is 0.303 e. The average molecular weight is 243 g/mol. The minimum Gasteiger partial charge on any atom is -0.481 e. The van der Waals surface area contributed by atoms with Crippen LogP contribution in [0.15, 0.2) is 0 Å². The number of carboxylic acids is 1. The van der Waals surface area contributed by atoms with Gasteiger partial charge in [0.15, 0.2) is 0 Å². The molecule has 98 valence electrons. The molecule has 1 fully saturated rings. The van der Waals surface area contributed by atoms with Crippen molar-refractivity contribution in [1.82, 2.24) is 5.32 Å². The molecule has 1 atom stereocenters. The number of nitrogens with one attached hydrogen (secondary N) is 1. The quantitative estimate of drug-likeness (QED) is 0.661. The number of hydrogen-bond acceptors (Lipinski definition) is 3. The van der Waals surface area contributed by atoms with Gasteiger partial charge in [-0.05, 0) is 32.1 Å². The fourth-order valence-corrected chi connectivity index (χ4v) is 1.88. The first-order valence-electron chi connectivity index (χ1n) is 6.28. The topological polar surface area (TPSA) is 75.6 Å². The summed E-state index contributed by atoms with van der Waals surface area (Å²) in [6, 6.07) is 0. The Hall–Kier alpha value is -1.10. The van der Waals surface area contributed by atoms with E-state index in [1.165, 1.54) is 6.42 Å². The Morgan fingerprint density at radius 1 is 1.29 bits per heavy atom. The fraction of sp³-hybridized carbons (Fsp3) is 0.833. The van der Waals surface area contributed by atoms with E-state index in [-0.39, 0.29) is 18.4 Å². The first-order valence-corrected chi connectivity index (χ1v) is 6.28. The van der Waals surface area contributed by atoms with Crippen molar-refractivity contribution in [3.8, 4) is 0 Å². The summed E-state index contributed by atoms with van der Waals surface area (Å²) in [5.74, 6) is -0.834. The van der Waals surface area contributed by atoms with Crippen LogP contribution in [0.4, 0.5) is 0 Å². The Labute approximate surface area is 102 Å². The third kappa shape index (κ3) is 6.94. The first-order chi connectivity index (χ1) is 8.18. The lowest BCUT2D eigenvalue weighted by molar-refractivity contribution is -0.137. The Balaban J connectivity index is 1.98. The van der Waals surface area contributed by atoms with E-state index in [1.54, 1.807) is 0 Å². The molecule has 0 spiro atoms. The number of ether oxygens (including phenoxy) is 1. The second kappa shape index (κ2) is 8.06. The van der Waals surface area contributed by atoms with Crippen LogP contribution in [-0.4, -0.2) is 36.2 Å². The minimum atomic E-state index is -0.824. The summed E-state index contributed by atoms with van der Waals surface area (Å²) >= 11 is 0. The van der Waals surface area contributed by atoms with E-state index in [2.05, 4.69) is 5.32 Å². The van der Waals surface area contributed by atoms with Gasteiger partial charge in [0.1, 0.15) is 0 Å². The zero-order valence-corrected chi connectivity index (χ0v) is 10.1. The molecule has 17 heavy (non-hydrogen) atoms. The van der Waals surface area contributed by atoms with Gasteiger partial charge in [-0.3, -0.25) is 9.59 Å². The Kier molecular flexibility index (Phi) is 6.62. The second-order valence-corrected chi connectivity index (χ2v) is 4.37. The summed E-state index contributed by atoms with van der Waals surface area (Å²) in [4.78, 5) is 21.7. The molecule has 1 rings (SSSR count). The molecule has 1 heterocycles. The lowest BCUT2D eigenvalue weighted by atomic mass is 10.0.